The van der Waals surface area contributed by atoms with Gasteiger partial charge in [0, 0.05) is 22.7 Å². The number of thiazole rings is 1. The minimum atomic E-state index is -0.594. The number of nitrogens with zero attached hydrogens (tertiary/aromatic N) is 4. The second kappa shape index (κ2) is 4.65. The highest BCUT2D eigenvalue weighted by Gasteiger charge is 2.26. The number of hydrogen-bond donors (Lipinski definition) is 0. The standard InChI is InChI=1S/C14H11ClN4S/c1-14(2,7-16)10-6-20-13(19-10)8-3-4-17-9-5-18-12(15)11(8)9/h3-4,6H,5H2,1-2H3. The third kappa shape index (κ3) is 2.01. The quantitative estimate of drug-likeness (QED) is 0.853. The summed E-state index contributed by atoms with van der Waals surface area (Å²) in [4.78, 5) is 13.1. The van der Waals surface area contributed by atoms with Crippen LogP contribution >= 0.6 is 22.9 Å². The van der Waals surface area contributed by atoms with E-state index in [0.717, 1.165) is 27.5 Å². The lowest BCUT2D eigenvalue weighted by Gasteiger charge is -2.10. The van der Waals surface area contributed by atoms with Gasteiger partial charge in [0.15, 0.2) is 0 Å². The Balaban J connectivity index is 2.11. The van der Waals surface area contributed by atoms with Crippen molar-refractivity contribution >= 4 is 28.1 Å². The van der Waals surface area contributed by atoms with Crippen molar-refractivity contribution in [3.05, 3.63) is 34.6 Å². The van der Waals surface area contributed by atoms with Gasteiger partial charge in [0.05, 0.1) is 29.4 Å². The van der Waals surface area contributed by atoms with Crippen molar-refractivity contribution in [3.8, 4) is 16.6 Å². The Bertz CT molecular complexity index is 755. The fourth-order valence-corrected chi connectivity index (χ4v) is 3.29. The van der Waals surface area contributed by atoms with Crippen LogP contribution in [0.3, 0.4) is 0 Å². The van der Waals surface area contributed by atoms with Crippen molar-refractivity contribution in [3.63, 3.8) is 0 Å². The Hall–Kier alpha value is -1.77. The van der Waals surface area contributed by atoms with Gasteiger partial charge in [-0.1, -0.05) is 11.6 Å². The van der Waals surface area contributed by atoms with Gasteiger partial charge in [-0.25, -0.2) is 4.98 Å². The van der Waals surface area contributed by atoms with E-state index in [2.05, 4.69) is 21.0 Å². The highest BCUT2D eigenvalue weighted by Crippen LogP contribution is 2.34. The summed E-state index contributed by atoms with van der Waals surface area (Å²) in [5.74, 6) is 0. The molecular weight excluding hydrogens is 292 g/mol. The van der Waals surface area contributed by atoms with Gasteiger partial charge >= 0.3 is 0 Å². The van der Waals surface area contributed by atoms with Crippen LogP contribution < -0.4 is 0 Å². The second-order valence-corrected chi connectivity index (χ2v) is 6.28. The molecule has 0 bridgehead atoms. The number of aliphatic imine (C=N–C) groups is 1. The van der Waals surface area contributed by atoms with Gasteiger partial charge in [-0.15, -0.1) is 11.3 Å². The van der Waals surface area contributed by atoms with E-state index in [9.17, 15) is 5.26 Å². The topological polar surface area (TPSA) is 61.9 Å². The largest absolute Gasteiger partial charge is 0.266 e. The van der Waals surface area contributed by atoms with E-state index in [4.69, 9.17) is 11.6 Å². The molecule has 0 spiro atoms. The van der Waals surface area contributed by atoms with Crippen molar-refractivity contribution in [1.29, 1.82) is 5.26 Å². The molecule has 0 saturated carbocycles. The van der Waals surface area contributed by atoms with Crippen LogP contribution in [0.15, 0.2) is 22.6 Å². The smallest absolute Gasteiger partial charge is 0.133 e. The van der Waals surface area contributed by atoms with E-state index in [1.807, 2.05) is 25.3 Å². The minimum Gasteiger partial charge on any atom is -0.266 e. The molecule has 100 valence electrons. The maximum Gasteiger partial charge on any atom is 0.133 e. The first-order valence-corrected chi connectivity index (χ1v) is 7.34. The van der Waals surface area contributed by atoms with Crippen LogP contribution in [0.4, 0.5) is 0 Å². The third-order valence-electron chi connectivity index (χ3n) is 3.26. The molecule has 2 aromatic rings. The Morgan fingerprint density at radius 2 is 2.25 bits per heavy atom. The fraction of sp³-hybridized carbons (Fsp3) is 0.286. The molecule has 20 heavy (non-hydrogen) atoms. The Morgan fingerprint density at radius 1 is 1.45 bits per heavy atom. The molecule has 0 radical (unpaired) electrons. The van der Waals surface area contributed by atoms with Crippen molar-refractivity contribution in [2.75, 3.05) is 0 Å². The number of nitriles is 1. The lowest BCUT2D eigenvalue weighted by atomic mass is 9.92. The van der Waals surface area contributed by atoms with E-state index in [1.165, 1.54) is 11.3 Å². The summed E-state index contributed by atoms with van der Waals surface area (Å²) in [7, 11) is 0. The van der Waals surface area contributed by atoms with Gasteiger partial charge in [0.25, 0.3) is 0 Å². The van der Waals surface area contributed by atoms with Crippen molar-refractivity contribution in [2.45, 2.75) is 25.8 Å². The molecule has 2 aromatic heterocycles. The lowest BCUT2D eigenvalue weighted by Crippen LogP contribution is -2.14. The summed E-state index contributed by atoms with van der Waals surface area (Å²) in [6.45, 7) is 4.23. The zero-order chi connectivity index (χ0) is 14.3. The normalized spacial score (nSPS) is 13.8. The van der Waals surface area contributed by atoms with Crippen LogP contribution in [0.2, 0.25) is 0 Å². The number of pyridine rings is 1. The average molecular weight is 303 g/mol. The van der Waals surface area contributed by atoms with Crippen molar-refractivity contribution in [1.82, 2.24) is 9.97 Å². The van der Waals surface area contributed by atoms with Gasteiger partial charge in [-0.05, 0) is 19.9 Å². The van der Waals surface area contributed by atoms with Crippen LogP contribution in [0, 0.1) is 11.3 Å². The molecular formula is C14H11ClN4S. The molecule has 0 aromatic carbocycles. The highest BCUT2D eigenvalue weighted by molar-refractivity contribution is 7.13. The Kier molecular flexibility index (Phi) is 3.08. The summed E-state index contributed by atoms with van der Waals surface area (Å²) >= 11 is 7.67. The van der Waals surface area contributed by atoms with E-state index in [0.29, 0.717) is 11.7 Å². The molecule has 1 aliphatic heterocycles. The van der Waals surface area contributed by atoms with Crippen LogP contribution in [-0.4, -0.2) is 15.1 Å². The maximum absolute atomic E-state index is 9.19. The summed E-state index contributed by atoms with van der Waals surface area (Å²) in [5, 5.41) is 12.4. The molecule has 4 nitrogen and oxygen atoms in total. The molecule has 0 saturated heterocycles. The Labute approximate surface area is 125 Å². The SMILES string of the molecule is CC(C)(C#N)c1csc(-c2ccnc3c2C(Cl)=NC3)n1. The zero-order valence-corrected chi connectivity index (χ0v) is 12.6. The molecule has 0 N–H and O–H groups in total. The molecule has 0 aliphatic carbocycles. The van der Waals surface area contributed by atoms with E-state index < -0.39 is 5.41 Å². The van der Waals surface area contributed by atoms with Gasteiger partial charge in [-0.2, -0.15) is 5.26 Å². The third-order valence-corrected chi connectivity index (χ3v) is 4.44. The Morgan fingerprint density at radius 3 is 3.00 bits per heavy atom. The number of rotatable bonds is 2. The van der Waals surface area contributed by atoms with Crippen LogP contribution in [0.5, 0.6) is 0 Å². The minimum absolute atomic E-state index is 0.486. The molecule has 1 aliphatic rings. The zero-order valence-electron chi connectivity index (χ0n) is 11.0. The first-order chi connectivity index (χ1) is 9.53. The van der Waals surface area contributed by atoms with Crippen LogP contribution in [-0.2, 0) is 12.0 Å². The summed E-state index contributed by atoms with van der Waals surface area (Å²) < 4.78 is 0. The van der Waals surface area contributed by atoms with Gasteiger partial charge < -0.3 is 0 Å². The van der Waals surface area contributed by atoms with Crippen molar-refractivity contribution < 1.29 is 0 Å². The first-order valence-electron chi connectivity index (χ1n) is 6.09. The highest BCUT2D eigenvalue weighted by atomic mass is 35.5. The molecule has 0 atom stereocenters. The maximum atomic E-state index is 9.19. The molecule has 0 amide bonds. The fourth-order valence-electron chi connectivity index (χ4n) is 2.00. The summed E-state index contributed by atoms with van der Waals surface area (Å²) in [6.07, 6.45) is 1.75. The monoisotopic (exact) mass is 302 g/mol. The number of halogens is 1. The average Bonchev–Trinajstić information content (AvgIpc) is 3.07. The summed E-state index contributed by atoms with van der Waals surface area (Å²) in [6, 6.07) is 4.16. The molecule has 3 rings (SSSR count). The molecule has 0 unspecified atom stereocenters. The van der Waals surface area contributed by atoms with E-state index >= 15 is 0 Å². The van der Waals surface area contributed by atoms with E-state index in [1.54, 1.807) is 6.20 Å². The number of fused-ring (bicyclic) bond motifs is 1. The van der Waals surface area contributed by atoms with Crippen molar-refractivity contribution in [2.24, 2.45) is 4.99 Å². The summed E-state index contributed by atoms with van der Waals surface area (Å²) in [5.41, 5.74) is 2.86. The molecule has 0 fully saturated rings. The predicted octanol–water partition coefficient (Wildman–Crippen LogP) is 3.51. The van der Waals surface area contributed by atoms with Crippen LogP contribution in [0.1, 0.15) is 30.8 Å². The van der Waals surface area contributed by atoms with E-state index in [-0.39, 0.29) is 0 Å². The van der Waals surface area contributed by atoms with Crippen LogP contribution in [0.25, 0.3) is 10.6 Å². The van der Waals surface area contributed by atoms with Gasteiger partial charge in [0.2, 0.25) is 0 Å². The van der Waals surface area contributed by atoms with Gasteiger partial charge in [0.1, 0.15) is 10.2 Å². The second-order valence-electron chi connectivity index (χ2n) is 5.06. The first kappa shape index (κ1) is 13.2. The number of hydrogen-bond acceptors (Lipinski definition) is 5. The van der Waals surface area contributed by atoms with Gasteiger partial charge in [-0.3, -0.25) is 9.98 Å². The lowest BCUT2D eigenvalue weighted by molar-refractivity contribution is 0.666. The predicted molar refractivity (Wildman–Crippen MR) is 80.1 cm³/mol. The molecule has 6 heteroatoms. The molecule has 3 heterocycles. The number of aromatic nitrogens is 2.